The van der Waals surface area contributed by atoms with Crippen LogP contribution in [0.4, 0.5) is 0 Å². The van der Waals surface area contributed by atoms with Gasteiger partial charge in [-0.1, -0.05) is 0 Å². The van der Waals surface area contributed by atoms with Crippen LogP contribution in [0.3, 0.4) is 0 Å². The van der Waals surface area contributed by atoms with Crippen molar-refractivity contribution >= 4 is 101 Å². The Bertz CT molecular complexity index is 2270. The first kappa shape index (κ1) is 61.6. The maximum Gasteiger partial charge on any atom is 0.229 e. The second-order valence-electron chi connectivity index (χ2n) is 9.13. The van der Waals surface area contributed by atoms with E-state index in [2.05, 4.69) is 38.2 Å². The summed E-state index contributed by atoms with van der Waals surface area (Å²) >= 11 is 0. The van der Waals surface area contributed by atoms with Crippen molar-refractivity contribution in [3.63, 3.8) is 0 Å². The zero-order valence-corrected chi connectivity index (χ0v) is 33.9. The van der Waals surface area contributed by atoms with Gasteiger partial charge in [-0.15, -0.1) is 0 Å². The molecule has 3 radical (unpaired) electrons. The number of hydrogen-bond donors (Lipinski definition) is 0. The van der Waals surface area contributed by atoms with Gasteiger partial charge in [-0.25, -0.2) is 71.5 Å². The Morgan fingerprint density at radius 1 is 0.431 bits per heavy atom. The van der Waals surface area contributed by atoms with Gasteiger partial charge in [0.2, 0.25) is 95.3 Å². The minimum absolute atomic E-state index is 0. The second kappa shape index (κ2) is 21.1. The predicted octanol–water partition coefficient (Wildman–Crippen LogP) is -12.4. The molecule has 0 aromatic heterocycles. The van der Waals surface area contributed by atoms with E-state index < -0.39 is 151 Å². The van der Waals surface area contributed by atoms with Crippen LogP contribution in [0, 0.1) is 0 Å². The molecule has 9 atom stereocenters. The van der Waals surface area contributed by atoms with Crippen LogP contribution in [0.15, 0.2) is 0 Å². The molecule has 38 nitrogen and oxygen atoms in total. The van der Waals surface area contributed by atoms with Crippen molar-refractivity contribution in [2.45, 2.75) is 55.0 Å². The molecule has 0 aromatic carbocycles. The van der Waals surface area contributed by atoms with Crippen LogP contribution >= 0.6 is 0 Å². The molecule has 0 aliphatic carbocycles. The number of ether oxygens (including phenoxy) is 3. The summed E-state index contributed by atoms with van der Waals surface area (Å²) in [6.45, 7) is -4.79. The van der Waals surface area contributed by atoms with Gasteiger partial charge < -0.3 is 67.1 Å². The lowest BCUT2D eigenvalue weighted by molar-refractivity contribution is -0.380. The SMILES string of the molecule is O.O.O.O=S(=O)([O-])OCC1OC(OC2(COS(=O)(=O)[O-])OC(OS(=O)(=O)[O-])C(OS(=O)(=O)[O-])C2OS(=O)(=O)[O-])C(OS(=O)(=O)[O-])C(OS(=O)(=O)[O-])C1OS(=O)(=O)[O-].[Al]. The Labute approximate surface area is 335 Å². The van der Waals surface area contributed by atoms with Crippen molar-refractivity contribution in [3.05, 3.63) is 0 Å². The highest BCUT2D eigenvalue weighted by atomic mass is 32.3. The van der Waals surface area contributed by atoms with Crippen LogP contribution in [-0.2, 0) is 131 Å². The third kappa shape index (κ3) is 21.9. The molecule has 9 unspecified atom stereocenters. The quantitative estimate of drug-likeness (QED) is 0.0620. The van der Waals surface area contributed by atoms with Crippen LogP contribution in [0.5, 0.6) is 0 Å². The van der Waals surface area contributed by atoms with Crippen LogP contribution in [0.1, 0.15) is 0 Å². The average molecular weight is 1040 g/mol. The van der Waals surface area contributed by atoms with Gasteiger partial charge in [0.05, 0.1) is 6.61 Å². The fraction of sp³-hybridized carbons (Fsp3) is 1.00. The van der Waals surface area contributed by atoms with E-state index in [1.807, 2.05) is 0 Å². The molecule has 2 heterocycles. The zero-order valence-electron chi connectivity index (χ0n) is 26.2. The maximum absolute atomic E-state index is 11.6. The summed E-state index contributed by atoms with van der Waals surface area (Å²) in [6, 6.07) is 0. The van der Waals surface area contributed by atoms with E-state index >= 15 is 0 Å². The van der Waals surface area contributed by atoms with Gasteiger partial charge in [0.15, 0.2) is 24.6 Å². The molecule has 0 aromatic rings. The third-order valence-electron chi connectivity index (χ3n) is 5.35. The van der Waals surface area contributed by atoms with E-state index in [1.165, 1.54) is 0 Å². The molecule has 2 aliphatic rings. The first-order chi connectivity index (χ1) is 23.7. The Morgan fingerprint density at radius 3 is 1.17 bits per heavy atom. The Morgan fingerprint density at radius 2 is 0.793 bits per heavy atom. The first-order valence-corrected chi connectivity index (χ1v) is 22.4. The Balaban J connectivity index is -0.00000756. The third-order valence-corrected chi connectivity index (χ3v) is 8.89. The largest absolute Gasteiger partial charge is 0.726 e. The Kier molecular flexibility index (Phi) is 22.4. The van der Waals surface area contributed by atoms with Gasteiger partial charge >= 0.3 is 0 Å². The average Bonchev–Trinajstić information content (AvgIpc) is 3.10. The lowest BCUT2D eigenvalue weighted by atomic mass is 9.99. The van der Waals surface area contributed by atoms with E-state index in [0.29, 0.717) is 0 Å². The van der Waals surface area contributed by atoms with Gasteiger partial charge in [-0.2, -0.15) is 0 Å². The maximum atomic E-state index is 11.6. The van der Waals surface area contributed by atoms with Gasteiger partial charge in [-0.3, -0.25) is 29.3 Å². The summed E-state index contributed by atoms with van der Waals surface area (Å²) in [5.41, 5.74) is 0. The lowest BCUT2D eigenvalue weighted by Gasteiger charge is -2.47. The molecule has 2 fully saturated rings. The number of rotatable bonds is 20. The van der Waals surface area contributed by atoms with Crippen molar-refractivity contribution < 1.29 is 168 Å². The predicted molar refractivity (Wildman–Crippen MR) is 149 cm³/mol. The molecule has 0 spiro atoms. The van der Waals surface area contributed by atoms with Crippen molar-refractivity contribution in [3.8, 4) is 0 Å². The smallest absolute Gasteiger partial charge is 0.229 e. The van der Waals surface area contributed by atoms with Gasteiger partial charge in [0, 0.05) is 17.4 Å². The molecular weight excluding hydrogens is 1020 g/mol. The van der Waals surface area contributed by atoms with E-state index in [9.17, 15) is 104 Å². The zero-order chi connectivity index (χ0) is 42.3. The van der Waals surface area contributed by atoms with Crippen molar-refractivity contribution in [2.75, 3.05) is 13.2 Å². The molecule has 58 heavy (non-hydrogen) atoms. The minimum atomic E-state index is -6.63. The summed E-state index contributed by atoms with van der Waals surface area (Å²) < 4.78 is 318. The molecule has 47 heteroatoms. The topological polar surface area (TPSA) is 654 Å². The fourth-order valence-corrected chi connectivity index (χ4v) is 7.43. The molecule has 2 aliphatic heterocycles. The fourth-order valence-electron chi connectivity index (χ4n) is 3.99. The lowest BCUT2D eigenvalue weighted by Crippen LogP contribution is -2.65. The highest BCUT2D eigenvalue weighted by Crippen LogP contribution is 2.43. The standard InChI is InChI=1S/C11H20O35S8.Al.3H2O/c12-47(13,14)36-1-3-4(41-49(18,19)20)5(42-50(21,22)23)6(43-51(24,25)26)9(38-3)39-11(2-37-48(15,16)17)8(45-53(30,31)32)7(44-52(27,28)29)10(40-11)46-54(33,34)35;;;;/h3-10H,1-2H2,(H,12,13,14)(H,15,16,17)(H,18,19,20)(H,21,22,23)(H,24,25,26)(H,27,28,29)(H,30,31,32)(H,33,34,35);;3*1H2/p-8. The monoisotopic (exact) mass is 1040 g/mol. The molecule has 2 saturated heterocycles. The minimum Gasteiger partial charge on any atom is -0.726 e. The molecule has 0 bridgehead atoms. The van der Waals surface area contributed by atoms with Gasteiger partial charge in [0.1, 0.15) is 24.9 Å². The molecule has 349 valence electrons. The highest BCUT2D eigenvalue weighted by molar-refractivity contribution is 7.82. The summed E-state index contributed by atoms with van der Waals surface area (Å²) in [5.74, 6) is -4.46. The van der Waals surface area contributed by atoms with Crippen LogP contribution in [-0.4, -0.2) is 206 Å². The van der Waals surface area contributed by atoms with Crippen LogP contribution < -0.4 is 0 Å². The van der Waals surface area contributed by atoms with Crippen molar-refractivity contribution in [2.24, 2.45) is 0 Å². The second-order valence-corrected chi connectivity index (χ2v) is 17.3. The number of hydrogen-bond acceptors (Lipinski definition) is 35. The molecule has 0 saturated carbocycles. The normalized spacial score (nSPS) is 28.9. The van der Waals surface area contributed by atoms with Gasteiger partial charge in [0.25, 0.3) is 0 Å². The van der Waals surface area contributed by atoms with Crippen molar-refractivity contribution in [1.82, 2.24) is 0 Å². The van der Waals surface area contributed by atoms with Crippen LogP contribution in [0.25, 0.3) is 0 Å². The van der Waals surface area contributed by atoms with E-state index in [4.69, 9.17) is 9.47 Å². The molecule has 2 rings (SSSR count). The summed E-state index contributed by atoms with van der Waals surface area (Å²) in [5, 5.41) is 0. The molecule has 0 amide bonds. The van der Waals surface area contributed by atoms with Gasteiger partial charge in [-0.05, 0) is 0 Å². The summed E-state index contributed by atoms with van der Waals surface area (Å²) in [4.78, 5) is 0. The van der Waals surface area contributed by atoms with E-state index in [1.54, 1.807) is 0 Å². The summed E-state index contributed by atoms with van der Waals surface area (Å²) in [7, 11) is -51.5. The van der Waals surface area contributed by atoms with E-state index in [0.717, 1.165) is 0 Å². The first-order valence-electron chi connectivity index (χ1n) is 11.7. The van der Waals surface area contributed by atoms with E-state index in [-0.39, 0.29) is 33.8 Å². The Hall–Kier alpha value is -0.748. The summed E-state index contributed by atoms with van der Waals surface area (Å²) in [6.07, 6.45) is -28.8. The molecule has 6 N–H and O–H groups in total. The molecular formula is C11H18AlO38S8-8. The van der Waals surface area contributed by atoms with Crippen molar-refractivity contribution in [1.29, 1.82) is 0 Å². The highest BCUT2D eigenvalue weighted by Gasteiger charge is 2.65. The van der Waals surface area contributed by atoms with Crippen LogP contribution in [0.2, 0.25) is 0 Å².